The highest BCUT2D eigenvalue weighted by Crippen LogP contribution is 2.25. The van der Waals surface area contributed by atoms with Crippen LogP contribution in [0.25, 0.3) is 22.6 Å². The van der Waals surface area contributed by atoms with Crippen LogP contribution in [0.3, 0.4) is 0 Å². The fraction of sp³-hybridized carbons (Fsp3) is 0.148. The zero-order chi connectivity index (χ0) is 23.5. The number of pyridine rings is 1. The summed E-state index contributed by atoms with van der Waals surface area (Å²) in [7, 11) is 0. The predicted octanol–water partition coefficient (Wildman–Crippen LogP) is 5.54. The van der Waals surface area contributed by atoms with Crippen LogP contribution in [-0.4, -0.2) is 31.7 Å². The minimum atomic E-state index is -0.183. The molecule has 0 fully saturated rings. The Morgan fingerprint density at radius 3 is 2.79 bits per heavy atom. The first-order chi connectivity index (χ1) is 16.6. The smallest absolute Gasteiger partial charge is 0.255 e. The summed E-state index contributed by atoms with van der Waals surface area (Å²) < 4.78 is 9.57. The molecule has 0 atom stereocenters. The highest BCUT2D eigenvalue weighted by molar-refractivity contribution is 6.04. The molecule has 0 aliphatic carbocycles. The number of aryl methyl sites for hydroxylation is 1. The molecule has 170 valence electrons. The van der Waals surface area contributed by atoms with E-state index >= 15 is 0 Å². The first-order valence-corrected chi connectivity index (χ1v) is 11.2. The van der Waals surface area contributed by atoms with Crippen LogP contribution in [0.5, 0.6) is 5.75 Å². The number of aromatic nitrogens is 4. The van der Waals surface area contributed by atoms with Crippen LogP contribution in [-0.2, 0) is 0 Å². The van der Waals surface area contributed by atoms with Crippen molar-refractivity contribution in [1.82, 2.24) is 19.2 Å². The summed E-state index contributed by atoms with van der Waals surface area (Å²) in [5.41, 5.74) is 6.04. The lowest BCUT2D eigenvalue weighted by atomic mass is 10.1. The Balaban J connectivity index is 1.43. The zero-order valence-electron chi connectivity index (χ0n) is 19.1. The number of hydrogen-bond donors (Lipinski definition) is 1. The molecule has 0 aliphatic rings. The number of hydrogen-bond acceptors (Lipinski definition) is 4. The number of carbonyl (C=O) groups is 1. The van der Waals surface area contributed by atoms with Crippen molar-refractivity contribution < 1.29 is 9.53 Å². The van der Waals surface area contributed by atoms with Gasteiger partial charge in [0.15, 0.2) is 0 Å². The van der Waals surface area contributed by atoms with Gasteiger partial charge in [-0.2, -0.15) is 5.10 Å². The number of imidazole rings is 1. The maximum absolute atomic E-state index is 12.9. The van der Waals surface area contributed by atoms with E-state index in [9.17, 15) is 4.79 Å². The van der Waals surface area contributed by atoms with Gasteiger partial charge >= 0.3 is 0 Å². The maximum atomic E-state index is 12.9. The molecular formula is C27H25N5O2. The Hall–Kier alpha value is -4.39. The van der Waals surface area contributed by atoms with E-state index in [2.05, 4.69) is 20.0 Å². The molecule has 0 bridgehead atoms. The van der Waals surface area contributed by atoms with Crippen molar-refractivity contribution in [3.8, 4) is 22.7 Å². The van der Waals surface area contributed by atoms with Gasteiger partial charge < -0.3 is 10.1 Å². The lowest BCUT2D eigenvalue weighted by molar-refractivity contribution is 0.102. The Kier molecular flexibility index (Phi) is 5.82. The predicted molar refractivity (Wildman–Crippen MR) is 133 cm³/mol. The van der Waals surface area contributed by atoms with Gasteiger partial charge in [0.25, 0.3) is 5.91 Å². The van der Waals surface area contributed by atoms with E-state index in [-0.39, 0.29) is 5.91 Å². The van der Waals surface area contributed by atoms with Crippen molar-refractivity contribution in [3.05, 3.63) is 96.6 Å². The average molecular weight is 452 g/mol. The van der Waals surface area contributed by atoms with Crippen molar-refractivity contribution in [3.63, 3.8) is 0 Å². The minimum Gasteiger partial charge on any atom is -0.494 e. The van der Waals surface area contributed by atoms with Crippen LogP contribution >= 0.6 is 0 Å². The zero-order valence-corrected chi connectivity index (χ0v) is 19.1. The van der Waals surface area contributed by atoms with E-state index in [1.807, 2.05) is 79.3 Å². The second-order valence-electron chi connectivity index (χ2n) is 8.07. The summed E-state index contributed by atoms with van der Waals surface area (Å²) in [6.45, 7) is 4.72. The number of anilines is 1. The Morgan fingerprint density at radius 1 is 1.06 bits per heavy atom. The molecule has 5 rings (SSSR count). The third-order valence-corrected chi connectivity index (χ3v) is 5.57. The topological polar surface area (TPSA) is 73.5 Å². The molecule has 3 heterocycles. The molecule has 0 saturated heterocycles. The molecule has 1 amide bonds. The van der Waals surface area contributed by atoms with Crippen molar-refractivity contribution in [2.24, 2.45) is 0 Å². The average Bonchev–Trinajstić information content (AvgIpc) is 3.46. The van der Waals surface area contributed by atoms with Crippen LogP contribution in [0.1, 0.15) is 29.3 Å². The summed E-state index contributed by atoms with van der Waals surface area (Å²) in [6, 6.07) is 19.0. The number of rotatable bonds is 7. The van der Waals surface area contributed by atoms with E-state index in [1.165, 1.54) is 0 Å². The Morgan fingerprint density at radius 2 is 1.97 bits per heavy atom. The van der Waals surface area contributed by atoms with Crippen molar-refractivity contribution in [1.29, 1.82) is 0 Å². The highest BCUT2D eigenvalue weighted by Gasteiger charge is 2.13. The first-order valence-electron chi connectivity index (χ1n) is 11.2. The van der Waals surface area contributed by atoms with Gasteiger partial charge in [-0.1, -0.05) is 19.1 Å². The molecule has 7 heteroatoms. The molecule has 0 spiro atoms. The molecule has 2 aromatic carbocycles. The Bertz CT molecular complexity index is 1450. The summed E-state index contributed by atoms with van der Waals surface area (Å²) in [6.07, 6.45) is 8.35. The largest absolute Gasteiger partial charge is 0.494 e. The molecule has 5 aromatic rings. The van der Waals surface area contributed by atoms with E-state index in [0.717, 1.165) is 34.6 Å². The molecule has 0 aliphatic heterocycles. The van der Waals surface area contributed by atoms with Gasteiger partial charge in [0.2, 0.25) is 0 Å². The van der Waals surface area contributed by atoms with Gasteiger partial charge in [-0.3, -0.25) is 14.3 Å². The second-order valence-corrected chi connectivity index (χ2v) is 8.07. The third kappa shape index (κ3) is 4.28. The second kappa shape index (κ2) is 9.23. The van der Waals surface area contributed by atoms with Crippen molar-refractivity contribution in [2.75, 3.05) is 11.9 Å². The number of amides is 1. The van der Waals surface area contributed by atoms with Gasteiger partial charge in [0.1, 0.15) is 11.4 Å². The SMILES string of the molecule is CCCOc1cccc(C(=O)Nc2ccc(C)c(-n3ccn4nc(-c5cccnc5)cc34)c2)c1. The summed E-state index contributed by atoms with van der Waals surface area (Å²) >= 11 is 0. The number of fused-ring (bicyclic) bond motifs is 1. The van der Waals surface area contributed by atoms with Crippen molar-refractivity contribution in [2.45, 2.75) is 20.3 Å². The lowest BCUT2D eigenvalue weighted by Crippen LogP contribution is -2.12. The number of nitrogens with zero attached hydrogens (tertiary/aromatic N) is 4. The fourth-order valence-electron chi connectivity index (χ4n) is 3.84. The van der Waals surface area contributed by atoms with Crippen LogP contribution in [0.15, 0.2) is 85.5 Å². The van der Waals surface area contributed by atoms with Crippen molar-refractivity contribution >= 4 is 17.2 Å². The fourth-order valence-corrected chi connectivity index (χ4v) is 3.84. The van der Waals surface area contributed by atoms with E-state index in [1.54, 1.807) is 24.5 Å². The summed E-state index contributed by atoms with van der Waals surface area (Å²) in [5.74, 6) is 0.511. The van der Waals surface area contributed by atoms with Gasteiger partial charge in [0, 0.05) is 47.7 Å². The van der Waals surface area contributed by atoms with Crippen LogP contribution in [0.4, 0.5) is 5.69 Å². The number of benzene rings is 2. The van der Waals surface area contributed by atoms with Crippen LogP contribution in [0, 0.1) is 6.92 Å². The van der Waals surface area contributed by atoms with Crippen LogP contribution < -0.4 is 10.1 Å². The summed E-state index contributed by atoms with van der Waals surface area (Å²) in [4.78, 5) is 17.1. The Labute approximate surface area is 197 Å². The van der Waals surface area contributed by atoms with E-state index in [0.29, 0.717) is 23.6 Å². The molecular weight excluding hydrogens is 426 g/mol. The molecule has 7 nitrogen and oxygen atoms in total. The number of ether oxygens (including phenoxy) is 1. The number of carbonyl (C=O) groups excluding carboxylic acids is 1. The van der Waals surface area contributed by atoms with E-state index < -0.39 is 0 Å². The molecule has 3 aromatic heterocycles. The van der Waals surface area contributed by atoms with Gasteiger partial charge in [-0.15, -0.1) is 0 Å². The van der Waals surface area contributed by atoms with Gasteiger partial charge in [0.05, 0.1) is 18.0 Å². The number of nitrogens with one attached hydrogen (secondary N) is 1. The molecule has 0 unspecified atom stereocenters. The molecule has 34 heavy (non-hydrogen) atoms. The van der Waals surface area contributed by atoms with E-state index in [4.69, 9.17) is 4.74 Å². The lowest BCUT2D eigenvalue weighted by Gasteiger charge is -2.12. The maximum Gasteiger partial charge on any atom is 0.255 e. The minimum absolute atomic E-state index is 0.183. The molecule has 1 N–H and O–H groups in total. The standard InChI is InChI=1S/C27H25N5O2/c1-3-14-34-23-8-4-6-20(15-23)27(33)29-22-10-9-19(2)25(16-22)31-12-13-32-26(31)17-24(30-32)21-7-5-11-28-18-21/h4-13,15-18H,3,14H2,1-2H3,(H,29,33). The third-order valence-electron chi connectivity index (χ3n) is 5.57. The molecule has 0 radical (unpaired) electrons. The quantitative estimate of drug-likeness (QED) is 0.353. The van der Waals surface area contributed by atoms with Gasteiger partial charge in [-0.25, -0.2) is 4.52 Å². The monoisotopic (exact) mass is 451 g/mol. The normalized spacial score (nSPS) is 11.0. The summed E-state index contributed by atoms with van der Waals surface area (Å²) in [5, 5.41) is 7.68. The first kappa shape index (κ1) is 21.5. The molecule has 0 saturated carbocycles. The highest BCUT2D eigenvalue weighted by atomic mass is 16.5. The van der Waals surface area contributed by atoms with Crippen LogP contribution in [0.2, 0.25) is 0 Å². The van der Waals surface area contributed by atoms with Gasteiger partial charge in [-0.05, 0) is 61.4 Å².